The van der Waals surface area contributed by atoms with Gasteiger partial charge in [-0.05, 0) is 43.5 Å². The molecule has 0 aromatic heterocycles. The number of hydrogen-bond donors (Lipinski definition) is 1. The Balaban J connectivity index is 1.68. The molecule has 1 saturated heterocycles. The Labute approximate surface area is 139 Å². The maximum atomic E-state index is 12.3. The Morgan fingerprint density at radius 1 is 1.22 bits per heavy atom. The van der Waals surface area contributed by atoms with Gasteiger partial charge in [-0.3, -0.25) is 19.3 Å². The van der Waals surface area contributed by atoms with Crippen molar-refractivity contribution in [2.75, 3.05) is 11.9 Å². The van der Waals surface area contributed by atoms with E-state index in [0.29, 0.717) is 23.6 Å². The Hall–Kier alpha value is -2.14. The highest BCUT2D eigenvalue weighted by atomic mass is 35.5. The molecule has 1 heterocycles. The van der Waals surface area contributed by atoms with E-state index in [1.165, 1.54) is 0 Å². The molecule has 0 radical (unpaired) electrons. The molecule has 1 aromatic rings. The largest absolute Gasteiger partial charge is 0.324 e. The van der Waals surface area contributed by atoms with Gasteiger partial charge in [-0.25, -0.2) is 0 Å². The number of benzene rings is 1. The van der Waals surface area contributed by atoms with E-state index in [2.05, 4.69) is 5.32 Å². The predicted octanol–water partition coefficient (Wildman–Crippen LogP) is 2.54. The molecule has 2 atom stereocenters. The molecule has 1 N–H and O–H groups in total. The quantitative estimate of drug-likeness (QED) is 0.683. The summed E-state index contributed by atoms with van der Waals surface area (Å²) < 4.78 is 0. The summed E-state index contributed by atoms with van der Waals surface area (Å²) in [5.74, 6) is -1.49. The van der Waals surface area contributed by atoms with Crippen molar-refractivity contribution in [3.05, 3.63) is 40.9 Å². The van der Waals surface area contributed by atoms with E-state index in [9.17, 15) is 14.4 Å². The molecule has 0 spiro atoms. The lowest BCUT2D eigenvalue weighted by atomic mass is 9.85. The minimum Gasteiger partial charge on any atom is -0.324 e. The number of fused-ring (bicyclic) bond motifs is 1. The van der Waals surface area contributed by atoms with Crippen molar-refractivity contribution in [3.63, 3.8) is 0 Å². The SMILES string of the molecule is Cc1cc(Cl)ccc1NC(=O)CN1C(=O)[C@H]2CC=CC[C@@H]2C1=O. The van der Waals surface area contributed by atoms with Gasteiger partial charge in [-0.2, -0.15) is 0 Å². The van der Waals surface area contributed by atoms with Gasteiger partial charge in [0.1, 0.15) is 6.54 Å². The monoisotopic (exact) mass is 332 g/mol. The second-order valence-corrected chi connectivity index (χ2v) is 6.36. The van der Waals surface area contributed by atoms with Crippen LogP contribution in [0.3, 0.4) is 0 Å². The maximum absolute atomic E-state index is 12.3. The van der Waals surface area contributed by atoms with Gasteiger partial charge < -0.3 is 5.32 Å². The van der Waals surface area contributed by atoms with Gasteiger partial charge >= 0.3 is 0 Å². The number of anilines is 1. The van der Waals surface area contributed by atoms with Crippen LogP contribution < -0.4 is 5.32 Å². The number of nitrogens with zero attached hydrogens (tertiary/aromatic N) is 1. The molecular formula is C17H17ClN2O3. The van der Waals surface area contributed by atoms with Crippen LogP contribution >= 0.6 is 11.6 Å². The lowest BCUT2D eigenvalue weighted by Gasteiger charge is -2.15. The van der Waals surface area contributed by atoms with Crippen molar-refractivity contribution in [1.29, 1.82) is 0 Å². The van der Waals surface area contributed by atoms with Gasteiger partial charge in [-0.15, -0.1) is 0 Å². The van der Waals surface area contributed by atoms with Crippen molar-refractivity contribution in [2.45, 2.75) is 19.8 Å². The molecule has 23 heavy (non-hydrogen) atoms. The third-order valence-electron chi connectivity index (χ3n) is 4.36. The Kier molecular flexibility index (Phi) is 4.22. The van der Waals surface area contributed by atoms with Crippen molar-refractivity contribution >= 4 is 35.0 Å². The number of carbonyl (C=O) groups excluding carboxylic acids is 3. The maximum Gasteiger partial charge on any atom is 0.244 e. The van der Waals surface area contributed by atoms with Gasteiger partial charge in [0.15, 0.2) is 0 Å². The van der Waals surface area contributed by atoms with Gasteiger partial charge in [0.25, 0.3) is 0 Å². The lowest BCUT2D eigenvalue weighted by molar-refractivity contribution is -0.142. The number of allylic oxidation sites excluding steroid dienone is 2. The second-order valence-electron chi connectivity index (χ2n) is 5.93. The number of likely N-dealkylation sites (tertiary alicyclic amines) is 1. The van der Waals surface area contributed by atoms with Gasteiger partial charge in [0, 0.05) is 10.7 Å². The van der Waals surface area contributed by atoms with Gasteiger partial charge in [-0.1, -0.05) is 23.8 Å². The summed E-state index contributed by atoms with van der Waals surface area (Å²) in [6.45, 7) is 1.58. The van der Waals surface area contributed by atoms with Crippen molar-refractivity contribution < 1.29 is 14.4 Å². The Morgan fingerprint density at radius 2 is 1.83 bits per heavy atom. The number of halogens is 1. The van der Waals surface area contributed by atoms with Crippen molar-refractivity contribution in [3.8, 4) is 0 Å². The van der Waals surface area contributed by atoms with E-state index >= 15 is 0 Å². The van der Waals surface area contributed by atoms with E-state index in [1.54, 1.807) is 18.2 Å². The van der Waals surface area contributed by atoms with Crippen LogP contribution in [0.2, 0.25) is 5.02 Å². The number of amides is 3. The van der Waals surface area contributed by atoms with Crippen LogP contribution in [0.15, 0.2) is 30.4 Å². The Bertz CT molecular complexity index is 688. The van der Waals surface area contributed by atoms with Gasteiger partial charge in [0.05, 0.1) is 11.8 Å². The number of rotatable bonds is 3. The molecule has 2 aliphatic rings. The first-order valence-corrected chi connectivity index (χ1v) is 7.91. The summed E-state index contributed by atoms with van der Waals surface area (Å²) >= 11 is 5.88. The number of aryl methyl sites for hydroxylation is 1. The zero-order valence-electron chi connectivity index (χ0n) is 12.7. The molecule has 0 bridgehead atoms. The molecule has 1 aromatic carbocycles. The second kappa shape index (κ2) is 6.16. The van der Waals surface area contributed by atoms with Crippen molar-refractivity contribution in [2.24, 2.45) is 11.8 Å². The number of imide groups is 1. The number of nitrogens with one attached hydrogen (secondary N) is 1. The molecule has 120 valence electrons. The van der Waals surface area contributed by atoms with E-state index in [4.69, 9.17) is 11.6 Å². The smallest absolute Gasteiger partial charge is 0.244 e. The summed E-state index contributed by atoms with van der Waals surface area (Å²) in [5.41, 5.74) is 1.44. The van der Waals surface area contributed by atoms with Crippen LogP contribution in [0.5, 0.6) is 0 Å². The third-order valence-corrected chi connectivity index (χ3v) is 4.60. The first-order valence-electron chi connectivity index (χ1n) is 7.53. The molecule has 6 heteroatoms. The number of hydrogen-bond acceptors (Lipinski definition) is 3. The fourth-order valence-corrected chi connectivity index (χ4v) is 3.35. The predicted molar refractivity (Wildman–Crippen MR) is 86.9 cm³/mol. The third kappa shape index (κ3) is 3.01. The normalized spacial score (nSPS) is 23.1. The fraction of sp³-hybridized carbons (Fsp3) is 0.353. The summed E-state index contributed by atoms with van der Waals surface area (Å²) in [5, 5.41) is 3.31. The highest BCUT2D eigenvalue weighted by Crippen LogP contribution is 2.34. The van der Waals surface area contributed by atoms with Crippen LogP contribution in [0.1, 0.15) is 18.4 Å². The lowest BCUT2D eigenvalue weighted by Crippen LogP contribution is -2.38. The minimum atomic E-state index is -0.385. The van der Waals surface area contributed by atoms with Crippen LogP contribution in [0.4, 0.5) is 5.69 Å². The van der Waals surface area contributed by atoms with Crippen molar-refractivity contribution in [1.82, 2.24) is 4.90 Å². The zero-order chi connectivity index (χ0) is 16.6. The summed E-state index contributed by atoms with van der Waals surface area (Å²) in [6.07, 6.45) is 4.99. The zero-order valence-corrected chi connectivity index (χ0v) is 13.5. The van der Waals surface area contributed by atoms with Gasteiger partial charge in [0.2, 0.25) is 17.7 Å². The molecule has 1 aliphatic carbocycles. The van der Waals surface area contributed by atoms with Crippen LogP contribution in [0.25, 0.3) is 0 Å². The average Bonchev–Trinajstić information content (AvgIpc) is 2.76. The van der Waals surface area contributed by atoms with Crippen LogP contribution in [-0.4, -0.2) is 29.2 Å². The van der Waals surface area contributed by atoms with Crippen LogP contribution in [0, 0.1) is 18.8 Å². The molecule has 0 saturated carbocycles. The van der Waals surface area contributed by atoms with E-state index in [0.717, 1.165) is 10.5 Å². The molecule has 0 unspecified atom stereocenters. The molecule has 3 rings (SSSR count). The first kappa shape index (κ1) is 15.7. The standard InChI is InChI=1S/C17H17ClN2O3/c1-10-8-11(18)6-7-14(10)19-15(21)9-20-16(22)12-4-2-3-5-13(12)17(20)23/h2-3,6-8,12-13H,4-5,9H2,1H3,(H,19,21)/t12-,13-/m0/s1. The summed E-state index contributed by atoms with van der Waals surface area (Å²) in [4.78, 5) is 37.9. The summed E-state index contributed by atoms with van der Waals surface area (Å²) in [6, 6.07) is 5.12. The molecular weight excluding hydrogens is 316 g/mol. The fourth-order valence-electron chi connectivity index (χ4n) is 3.13. The van der Waals surface area contributed by atoms with E-state index < -0.39 is 0 Å². The molecule has 1 aliphatic heterocycles. The summed E-state index contributed by atoms with van der Waals surface area (Å²) in [7, 11) is 0. The average molecular weight is 333 g/mol. The minimum absolute atomic E-state index is 0.243. The molecule has 3 amide bonds. The molecule has 1 fully saturated rings. The highest BCUT2D eigenvalue weighted by molar-refractivity contribution is 6.30. The first-order chi connectivity index (χ1) is 11.0. The number of carbonyl (C=O) groups is 3. The Morgan fingerprint density at radius 3 is 2.39 bits per heavy atom. The van der Waals surface area contributed by atoms with E-state index in [-0.39, 0.29) is 36.1 Å². The molecule has 5 nitrogen and oxygen atoms in total. The van der Waals surface area contributed by atoms with Crippen LogP contribution in [-0.2, 0) is 14.4 Å². The highest BCUT2D eigenvalue weighted by Gasteiger charge is 2.47. The topological polar surface area (TPSA) is 66.5 Å². The van der Waals surface area contributed by atoms with E-state index in [1.807, 2.05) is 19.1 Å².